The van der Waals surface area contributed by atoms with Gasteiger partial charge in [0.15, 0.2) is 0 Å². The monoisotopic (exact) mass is 186 g/mol. The number of nitrogens with zero attached hydrogens (tertiary/aromatic N) is 1. The summed E-state index contributed by atoms with van der Waals surface area (Å²) in [5, 5.41) is 11.4. The maximum atomic E-state index is 10.9. The summed E-state index contributed by atoms with van der Waals surface area (Å²) in [4.78, 5) is 10.9. The molecule has 0 aromatic rings. The van der Waals surface area contributed by atoms with Gasteiger partial charge in [0.05, 0.1) is 12.0 Å². The van der Waals surface area contributed by atoms with Crippen molar-refractivity contribution in [3.63, 3.8) is 0 Å². The molecule has 0 radical (unpaired) electrons. The van der Waals surface area contributed by atoms with Gasteiger partial charge in [0.25, 0.3) is 0 Å². The predicted molar refractivity (Wildman–Crippen MR) is 45.6 cm³/mol. The van der Waals surface area contributed by atoms with Crippen molar-refractivity contribution in [3.05, 3.63) is 0 Å². The average Bonchev–Trinajstić information content (AvgIpc) is 2.51. The predicted octanol–water partition coefficient (Wildman–Crippen LogP) is 1.03. The second-order valence-corrected chi connectivity index (χ2v) is 3.24. The lowest BCUT2D eigenvalue weighted by molar-refractivity contribution is -0.119. The molecule has 1 fully saturated rings. The van der Waals surface area contributed by atoms with Crippen molar-refractivity contribution in [3.8, 4) is 6.07 Å². The van der Waals surface area contributed by atoms with Crippen molar-refractivity contribution >= 4 is 17.5 Å². The van der Waals surface area contributed by atoms with Crippen molar-refractivity contribution in [1.29, 1.82) is 5.26 Å². The molecular weight excluding hydrogens is 176 g/mol. The third kappa shape index (κ3) is 2.12. The van der Waals surface area contributed by atoms with Gasteiger partial charge in [-0.3, -0.25) is 4.79 Å². The third-order valence-electron chi connectivity index (χ3n) is 2.15. The lowest BCUT2D eigenvalue weighted by Crippen LogP contribution is -2.37. The van der Waals surface area contributed by atoms with Gasteiger partial charge < -0.3 is 5.32 Å². The summed E-state index contributed by atoms with van der Waals surface area (Å²) in [6.45, 7) is 0. The van der Waals surface area contributed by atoms with Crippen LogP contribution >= 0.6 is 11.6 Å². The zero-order valence-electron chi connectivity index (χ0n) is 6.72. The summed E-state index contributed by atoms with van der Waals surface area (Å²) in [5.74, 6) is -0.213. The Hall–Kier alpha value is -0.750. The largest absolute Gasteiger partial charge is 0.351 e. The number of hydrogen-bond acceptors (Lipinski definition) is 2. The summed E-state index contributed by atoms with van der Waals surface area (Å²) in [6.07, 6.45) is 2.82. The minimum absolute atomic E-state index is 0.0165. The molecular formula is C8H11ClN2O. The van der Waals surface area contributed by atoms with Crippen LogP contribution in [0.15, 0.2) is 0 Å². The van der Waals surface area contributed by atoms with Gasteiger partial charge in [-0.05, 0) is 19.3 Å². The maximum absolute atomic E-state index is 10.9. The van der Waals surface area contributed by atoms with Crippen LogP contribution in [0.4, 0.5) is 0 Å². The van der Waals surface area contributed by atoms with E-state index in [0.29, 0.717) is 0 Å². The van der Waals surface area contributed by atoms with Crippen molar-refractivity contribution in [2.24, 2.45) is 5.92 Å². The van der Waals surface area contributed by atoms with E-state index in [9.17, 15) is 4.79 Å². The van der Waals surface area contributed by atoms with Crippen LogP contribution in [0, 0.1) is 17.2 Å². The van der Waals surface area contributed by atoms with Crippen molar-refractivity contribution in [1.82, 2.24) is 5.32 Å². The lowest BCUT2D eigenvalue weighted by Gasteiger charge is -2.13. The maximum Gasteiger partial charge on any atom is 0.235 e. The number of carbonyl (C=O) groups excluding carboxylic acids is 1. The normalized spacial score (nSPS) is 28.0. The Bertz CT molecular complexity index is 212. The SMILES string of the molecule is N#CC1CCCC1NC(=O)CCl. The van der Waals surface area contributed by atoms with Crippen LogP contribution in [-0.2, 0) is 4.79 Å². The number of halogens is 1. The fourth-order valence-electron chi connectivity index (χ4n) is 1.53. The number of nitriles is 1. The molecule has 0 aromatic heterocycles. The topological polar surface area (TPSA) is 52.9 Å². The minimum atomic E-state index is -0.177. The second-order valence-electron chi connectivity index (χ2n) is 2.97. The zero-order chi connectivity index (χ0) is 8.97. The smallest absolute Gasteiger partial charge is 0.235 e. The molecule has 12 heavy (non-hydrogen) atoms. The lowest BCUT2D eigenvalue weighted by atomic mass is 10.1. The number of amides is 1. The van der Waals surface area contributed by atoms with E-state index in [1.54, 1.807) is 0 Å². The Morgan fingerprint density at radius 1 is 1.67 bits per heavy atom. The number of nitrogens with one attached hydrogen (secondary N) is 1. The van der Waals surface area contributed by atoms with E-state index in [1.807, 2.05) is 0 Å². The molecule has 0 aliphatic heterocycles. The molecule has 1 aliphatic rings. The zero-order valence-corrected chi connectivity index (χ0v) is 7.47. The van der Waals surface area contributed by atoms with Crippen LogP contribution in [-0.4, -0.2) is 17.8 Å². The first-order valence-corrected chi connectivity index (χ1v) is 4.56. The summed E-state index contributed by atoms with van der Waals surface area (Å²) >= 11 is 5.33. The van der Waals surface area contributed by atoms with Gasteiger partial charge in [0, 0.05) is 6.04 Å². The molecule has 0 saturated heterocycles. The van der Waals surface area contributed by atoms with Crippen LogP contribution in [0.3, 0.4) is 0 Å². The Morgan fingerprint density at radius 3 is 3.00 bits per heavy atom. The van der Waals surface area contributed by atoms with Gasteiger partial charge in [-0.1, -0.05) is 0 Å². The molecule has 0 heterocycles. The van der Waals surface area contributed by atoms with Crippen LogP contribution in [0.5, 0.6) is 0 Å². The van der Waals surface area contributed by atoms with Crippen molar-refractivity contribution < 1.29 is 4.79 Å². The second kappa shape index (κ2) is 4.32. The highest BCUT2D eigenvalue weighted by Crippen LogP contribution is 2.24. The molecule has 2 unspecified atom stereocenters. The number of carbonyl (C=O) groups is 1. The molecule has 1 amide bonds. The van der Waals surface area contributed by atoms with Crippen molar-refractivity contribution in [2.45, 2.75) is 25.3 Å². The van der Waals surface area contributed by atoms with Gasteiger partial charge in [-0.15, -0.1) is 11.6 Å². The molecule has 1 rings (SSSR count). The quantitative estimate of drug-likeness (QED) is 0.655. The van der Waals surface area contributed by atoms with E-state index in [2.05, 4.69) is 11.4 Å². The van der Waals surface area contributed by atoms with E-state index in [0.717, 1.165) is 19.3 Å². The van der Waals surface area contributed by atoms with Crippen LogP contribution in [0.1, 0.15) is 19.3 Å². The average molecular weight is 187 g/mol. The van der Waals surface area contributed by atoms with Gasteiger partial charge >= 0.3 is 0 Å². The van der Waals surface area contributed by atoms with Gasteiger partial charge in [0.1, 0.15) is 5.88 Å². The fraction of sp³-hybridized carbons (Fsp3) is 0.750. The van der Waals surface area contributed by atoms with Gasteiger partial charge in [-0.25, -0.2) is 0 Å². The number of hydrogen-bond donors (Lipinski definition) is 1. The van der Waals surface area contributed by atoms with Crippen LogP contribution < -0.4 is 5.32 Å². The van der Waals surface area contributed by atoms with Crippen LogP contribution in [0.25, 0.3) is 0 Å². The van der Waals surface area contributed by atoms with E-state index in [4.69, 9.17) is 16.9 Å². The minimum Gasteiger partial charge on any atom is -0.351 e. The number of rotatable bonds is 2. The Morgan fingerprint density at radius 2 is 2.42 bits per heavy atom. The first-order valence-electron chi connectivity index (χ1n) is 4.03. The summed E-state index contributed by atoms with van der Waals surface area (Å²) in [5.41, 5.74) is 0. The van der Waals surface area contributed by atoms with Gasteiger partial charge in [-0.2, -0.15) is 5.26 Å². The Balaban J connectivity index is 2.42. The third-order valence-corrected chi connectivity index (χ3v) is 2.39. The summed E-state index contributed by atoms with van der Waals surface area (Å²) in [6, 6.07) is 2.21. The first-order chi connectivity index (χ1) is 5.77. The van der Waals surface area contributed by atoms with E-state index in [-0.39, 0.29) is 23.7 Å². The standard InChI is InChI=1S/C8H11ClN2O/c9-4-8(12)11-7-3-1-2-6(7)5-10/h6-7H,1-4H2,(H,11,12). The molecule has 1 saturated carbocycles. The summed E-state index contributed by atoms with van der Waals surface area (Å²) in [7, 11) is 0. The molecule has 1 N–H and O–H groups in total. The molecule has 66 valence electrons. The molecule has 3 nitrogen and oxygen atoms in total. The molecule has 0 spiro atoms. The van der Waals surface area contributed by atoms with Gasteiger partial charge in [0.2, 0.25) is 5.91 Å². The first kappa shape index (κ1) is 9.34. The van der Waals surface area contributed by atoms with Crippen LogP contribution in [0.2, 0.25) is 0 Å². The molecule has 4 heteroatoms. The summed E-state index contributed by atoms with van der Waals surface area (Å²) < 4.78 is 0. The Labute approximate surface area is 76.7 Å². The number of alkyl halides is 1. The Kier molecular flexibility index (Phi) is 3.36. The molecule has 2 atom stereocenters. The van der Waals surface area contributed by atoms with E-state index >= 15 is 0 Å². The highest BCUT2D eigenvalue weighted by Gasteiger charge is 2.27. The van der Waals surface area contributed by atoms with Crippen molar-refractivity contribution in [2.75, 3.05) is 5.88 Å². The molecule has 0 aromatic carbocycles. The molecule has 1 aliphatic carbocycles. The van der Waals surface area contributed by atoms with E-state index in [1.165, 1.54) is 0 Å². The van der Waals surface area contributed by atoms with E-state index < -0.39 is 0 Å². The molecule has 0 bridgehead atoms. The fourth-order valence-corrected chi connectivity index (χ4v) is 1.61. The highest BCUT2D eigenvalue weighted by atomic mass is 35.5. The highest BCUT2D eigenvalue weighted by molar-refractivity contribution is 6.27.